The summed E-state index contributed by atoms with van der Waals surface area (Å²) in [6.07, 6.45) is -7.15. The zero-order valence-corrected chi connectivity index (χ0v) is 24.4. The molecule has 2 aliphatic rings. The van der Waals surface area contributed by atoms with Crippen LogP contribution >= 0.6 is 0 Å². The van der Waals surface area contributed by atoms with Gasteiger partial charge in [0.25, 0.3) is 5.91 Å². The fourth-order valence-corrected chi connectivity index (χ4v) is 7.56. The molecule has 1 aromatic heterocycles. The lowest BCUT2D eigenvalue weighted by Gasteiger charge is -2.43. The molecule has 2 aromatic rings. The number of amides is 1. The van der Waals surface area contributed by atoms with Gasteiger partial charge in [0, 0.05) is 55.6 Å². The van der Waals surface area contributed by atoms with Crippen molar-refractivity contribution in [3.63, 3.8) is 0 Å². The van der Waals surface area contributed by atoms with E-state index in [-0.39, 0.29) is 12.5 Å². The van der Waals surface area contributed by atoms with Gasteiger partial charge in [0.1, 0.15) is 30.2 Å². The van der Waals surface area contributed by atoms with E-state index in [0.717, 1.165) is 0 Å². The smallest absolute Gasteiger partial charge is 0.256 e. The van der Waals surface area contributed by atoms with Crippen molar-refractivity contribution < 1.29 is 48.6 Å². The molecule has 41 heavy (non-hydrogen) atoms. The number of halogens is 1. The molecule has 4 rings (SSSR count). The molecular formula is C26H39FN4O9Si. The van der Waals surface area contributed by atoms with Crippen LogP contribution in [0, 0.1) is 5.92 Å². The van der Waals surface area contributed by atoms with E-state index >= 15 is 4.11 Å². The summed E-state index contributed by atoms with van der Waals surface area (Å²) < 4.78 is 34.6. The third-order valence-corrected chi connectivity index (χ3v) is 10.2. The van der Waals surface area contributed by atoms with Crippen LogP contribution in [0.3, 0.4) is 0 Å². The van der Waals surface area contributed by atoms with E-state index in [4.69, 9.17) is 19.3 Å². The van der Waals surface area contributed by atoms with E-state index in [0.29, 0.717) is 42.1 Å². The minimum absolute atomic E-state index is 0.0327. The van der Waals surface area contributed by atoms with Crippen molar-refractivity contribution in [2.24, 2.45) is 5.92 Å². The van der Waals surface area contributed by atoms with E-state index in [1.54, 1.807) is 49.3 Å². The number of aliphatic hydroxyl groups is 5. The Kier molecular flexibility index (Phi) is 9.80. The van der Waals surface area contributed by atoms with E-state index in [1.807, 2.05) is 6.92 Å². The van der Waals surface area contributed by atoms with Crippen LogP contribution in [-0.2, 0) is 27.2 Å². The van der Waals surface area contributed by atoms with Gasteiger partial charge in [-0.1, -0.05) is 12.1 Å². The van der Waals surface area contributed by atoms with Gasteiger partial charge in [-0.2, -0.15) is 0 Å². The highest BCUT2D eigenvalue weighted by Crippen LogP contribution is 2.48. The summed E-state index contributed by atoms with van der Waals surface area (Å²) in [5.74, 6) is -0.614. The molecule has 9 atom stereocenters. The first kappa shape index (κ1) is 31.4. The number of hydrogen-bond donors (Lipinski definition) is 6. The first-order valence-electron chi connectivity index (χ1n) is 13.6. The number of carbonyl (C=O) groups excluding carboxylic acids is 1. The number of carbonyl (C=O) groups is 1. The molecule has 3 heterocycles. The third-order valence-electron chi connectivity index (χ3n) is 7.84. The maximum atomic E-state index is 15.8. The van der Waals surface area contributed by atoms with Crippen molar-refractivity contribution in [2.75, 3.05) is 19.0 Å². The Morgan fingerprint density at radius 3 is 2.61 bits per heavy atom. The van der Waals surface area contributed by atoms with Crippen LogP contribution in [-0.4, -0.2) is 105 Å². The Labute approximate surface area is 238 Å². The van der Waals surface area contributed by atoms with Gasteiger partial charge >= 0.3 is 0 Å². The number of anilines is 1. The summed E-state index contributed by atoms with van der Waals surface area (Å²) in [6, 6.07) is 4.86. The fraction of sp³-hybridized carbons (Fsp3) is 0.654. The van der Waals surface area contributed by atoms with E-state index in [9.17, 15) is 25.2 Å². The van der Waals surface area contributed by atoms with Crippen LogP contribution in [0.15, 0.2) is 24.4 Å². The largest absolute Gasteiger partial charge is 0.490 e. The average Bonchev–Trinajstić information content (AvgIpc) is 3.36. The summed E-state index contributed by atoms with van der Waals surface area (Å²) in [7, 11) is -1.71. The number of hydrogen-bond acceptors (Lipinski definition) is 11. The maximum absolute atomic E-state index is 15.8. The van der Waals surface area contributed by atoms with Crippen LogP contribution in [0.2, 0.25) is 18.6 Å². The first-order chi connectivity index (χ1) is 19.3. The van der Waals surface area contributed by atoms with Crippen LogP contribution in [0.1, 0.15) is 30.7 Å². The Bertz CT molecular complexity index is 1200. The highest BCUT2D eigenvalue weighted by Gasteiger charge is 2.48. The second kappa shape index (κ2) is 12.8. The molecule has 0 aliphatic carbocycles. The molecule has 0 spiro atoms. The Balaban J connectivity index is 1.52. The van der Waals surface area contributed by atoms with Crippen molar-refractivity contribution in [1.29, 1.82) is 0 Å². The third kappa shape index (κ3) is 6.78. The van der Waals surface area contributed by atoms with Gasteiger partial charge in [0.15, 0.2) is 12.4 Å². The molecule has 0 saturated carbocycles. The summed E-state index contributed by atoms with van der Waals surface area (Å²) in [6.45, 7) is 5.62. The quantitative estimate of drug-likeness (QED) is 0.163. The van der Waals surface area contributed by atoms with E-state index in [1.165, 1.54) is 0 Å². The number of nitrogens with one attached hydrogen (secondary N) is 1. The summed E-state index contributed by atoms with van der Waals surface area (Å²) in [5.41, 5.74) is 1.20. The molecule has 1 fully saturated rings. The van der Waals surface area contributed by atoms with Crippen molar-refractivity contribution >= 4 is 20.0 Å². The number of benzene rings is 1. The molecule has 2 aliphatic heterocycles. The van der Waals surface area contributed by atoms with Gasteiger partial charge in [-0.25, -0.2) is 0 Å². The normalized spacial score (nSPS) is 30.8. The number of fused-ring (bicyclic) bond motifs is 1. The molecular weight excluding hydrogens is 559 g/mol. The summed E-state index contributed by atoms with van der Waals surface area (Å²) in [4.78, 5) is 12.8. The van der Waals surface area contributed by atoms with E-state index < -0.39 is 62.8 Å². The first-order valence-corrected chi connectivity index (χ1v) is 16.5. The molecule has 13 nitrogen and oxygen atoms in total. The minimum Gasteiger partial charge on any atom is -0.490 e. The highest BCUT2D eigenvalue weighted by atomic mass is 28.4. The second-order valence-electron chi connectivity index (χ2n) is 11.2. The Hall–Kier alpha value is -2.50. The van der Waals surface area contributed by atoms with Gasteiger partial charge in [0.05, 0.1) is 11.8 Å². The molecule has 0 radical (unpaired) electrons. The molecule has 1 saturated heterocycles. The number of aliphatic hydroxyl groups excluding tert-OH is 5. The lowest BCUT2D eigenvalue weighted by Crippen LogP contribution is -2.60. The van der Waals surface area contributed by atoms with Crippen molar-refractivity contribution in [3.8, 4) is 5.75 Å². The van der Waals surface area contributed by atoms with Crippen molar-refractivity contribution in [3.05, 3.63) is 35.7 Å². The van der Waals surface area contributed by atoms with Crippen LogP contribution in [0.5, 0.6) is 5.75 Å². The van der Waals surface area contributed by atoms with Crippen LogP contribution < -0.4 is 10.1 Å². The number of rotatable bonds is 10. The maximum Gasteiger partial charge on any atom is 0.256 e. The topological polar surface area (TPSA) is 189 Å². The molecule has 228 valence electrons. The van der Waals surface area contributed by atoms with Crippen LogP contribution in [0.4, 0.5) is 9.80 Å². The van der Waals surface area contributed by atoms with E-state index in [2.05, 4.69) is 15.6 Å². The predicted octanol–water partition coefficient (Wildman–Crippen LogP) is 0.271. The van der Waals surface area contributed by atoms with Gasteiger partial charge in [-0.3, -0.25) is 9.48 Å². The van der Waals surface area contributed by atoms with Gasteiger partial charge in [-0.15, -0.1) is 5.10 Å². The predicted molar refractivity (Wildman–Crippen MR) is 145 cm³/mol. The molecule has 15 heteroatoms. The minimum atomic E-state index is -3.25. The van der Waals surface area contributed by atoms with Crippen molar-refractivity contribution in [2.45, 2.75) is 87.9 Å². The lowest BCUT2D eigenvalue weighted by molar-refractivity contribution is -0.274. The van der Waals surface area contributed by atoms with Crippen LogP contribution in [0.25, 0.3) is 0 Å². The summed E-state index contributed by atoms with van der Waals surface area (Å²) in [5, 5.41) is 59.4. The van der Waals surface area contributed by atoms with Gasteiger partial charge in [-0.05, 0) is 37.7 Å². The molecule has 6 N–H and O–H groups in total. The number of methoxy groups -OCH3 is 1. The molecule has 1 aromatic carbocycles. The summed E-state index contributed by atoms with van der Waals surface area (Å²) >= 11 is 0. The SMILES string of the molecule is CO[C@H]1c2cc(NC(=O)[C@H]3O[C@@H](O)[C@H](O)[C@@H](O)[C@@H]3O)ccc2O[C@@H](C(CCn2cc(CCO)nn2)[Si](C)(C)F)[C@@H]1C. The average molecular weight is 599 g/mol. The van der Waals surface area contributed by atoms with Gasteiger partial charge < -0.3 is 49.2 Å². The highest BCUT2D eigenvalue weighted by molar-refractivity contribution is 6.72. The Morgan fingerprint density at radius 1 is 1.22 bits per heavy atom. The number of aromatic nitrogens is 3. The second-order valence-corrected chi connectivity index (χ2v) is 15.0. The zero-order chi connectivity index (χ0) is 30.1. The monoisotopic (exact) mass is 598 g/mol. The number of aryl methyl sites for hydroxylation is 1. The molecule has 1 amide bonds. The standard InChI is InChI=1S/C26H39FN4O9Si/c1-13-22(38-2)16-11-14(28-25(36)24-20(34)19(33)21(35)26(37)40-24)5-6-17(16)39-23(13)18(41(3,4)27)7-9-31-12-15(8-10-32)29-30-31/h5-6,11-13,18-24,26,32-35,37H,7-10H2,1-4H3,(H,28,36)/t13-,18?,19+,20+,21-,22-,23-,24+,26-/m1/s1. The zero-order valence-electron chi connectivity index (χ0n) is 23.4. The fourth-order valence-electron chi connectivity index (χ4n) is 5.59. The lowest BCUT2D eigenvalue weighted by atomic mass is 9.86. The Morgan fingerprint density at radius 2 is 1.95 bits per heavy atom. The number of nitrogens with zero attached hydrogens (tertiary/aromatic N) is 3. The van der Waals surface area contributed by atoms with Gasteiger partial charge in [0.2, 0.25) is 8.41 Å². The molecule has 0 bridgehead atoms. The number of ether oxygens (including phenoxy) is 3. The van der Waals surface area contributed by atoms with Crippen molar-refractivity contribution in [1.82, 2.24) is 15.0 Å². The molecule has 1 unspecified atom stereocenters.